The molecule has 1 unspecified atom stereocenters. The largest absolute Gasteiger partial charge is 0.462 e. The van der Waals surface area contributed by atoms with Crippen LogP contribution in [0.25, 0.3) is 0 Å². The molecule has 0 aromatic rings. The molecule has 5 heteroatoms. The molecule has 0 saturated carbocycles. The first-order chi connectivity index (χ1) is 33.6. The maximum absolute atomic E-state index is 12.8. The van der Waals surface area contributed by atoms with Gasteiger partial charge in [-0.15, -0.1) is 0 Å². The molecule has 68 heavy (non-hydrogen) atoms. The van der Waals surface area contributed by atoms with E-state index < -0.39 is 6.10 Å². The predicted octanol–water partition coefficient (Wildman–Crippen LogP) is 19.6. The Morgan fingerprint density at radius 3 is 1.15 bits per heavy atom. The molecule has 388 valence electrons. The van der Waals surface area contributed by atoms with Crippen molar-refractivity contribution in [3.8, 4) is 0 Å². The normalized spacial score (nSPS) is 13.0. The molecule has 0 aliphatic rings. The second-order valence-corrected chi connectivity index (χ2v) is 18.4. The van der Waals surface area contributed by atoms with Crippen molar-refractivity contribution in [3.05, 3.63) is 109 Å². The third-order valence-electron chi connectivity index (χ3n) is 11.8. The number of allylic oxidation sites excluding steroid dienone is 17. The van der Waals surface area contributed by atoms with E-state index in [1.807, 2.05) is 12.2 Å². The predicted molar refractivity (Wildman–Crippen MR) is 297 cm³/mol. The van der Waals surface area contributed by atoms with Gasteiger partial charge in [-0.25, -0.2) is 0 Å². The average molecular weight is 944 g/mol. The number of hydrogen-bond donors (Lipinski definition) is 0. The molecule has 0 aliphatic heterocycles. The smallest absolute Gasteiger partial charge is 0.310 e. The summed E-state index contributed by atoms with van der Waals surface area (Å²) in [5.74, 6) is -0.555. The first-order valence-electron chi connectivity index (χ1n) is 28.4. The average Bonchev–Trinajstić information content (AvgIpc) is 3.34. The minimum Gasteiger partial charge on any atom is -0.462 e. The number of rotatable bonds is 51. The summed E-state index contributed by atoms with van der Waals surface area (Å²) in [6, 6.07) is 0. The Bertz CT molecular complexity index is 1340. The number of carbonyl (C=O) groups is 2. The van der Waals surface area contributed by atoms with Crippen LogP contribution >= 0.6 is 0 Å². The SMILES string of the molecule is CC/C=C\C/C=C\C/C=C\C/C=C\C/C=C\CC(=O)OC(COCCCCCCCCCCCC/C=C\CCCCCCCC)COC(=O)CCCCCCCCC/C=C\C/C=C\C/C=C\CC. The molecular weight excluding hydrogens is 837 g/mol. The van der Waals surface area contributed by atoms with Crippen LogP contribution in [-0.4, -0.2) is 37.9 Å². The van der Waals surface area contributed by atoms with E-state index in [2.05, 4.69) is 118 Å². The van der Waals surface area contributed by atoms with Crippen LogP contribution in [0.1, 0.15) is 252 Å². The van der Waals surface area contributed by atoms with Gasteiger partial charge in [0.1, 0.15) is 6.61 Å². The minimum atomic E-state index is -0.602. The van der Waals surface area contributed by atoms with Gasteiger partial charge in [0.15, 0.2) is 6.10 Å². The van der Waals surface area contributed by atoms with Gasteiger partial charge in [-0.2, -0.15) is 0 Å². The lowest BCUT2D eigenvalue weighted by molar-refractivity contribution is -0.162. The van der Waals surface area contributed by atoms with Crippen molar-refractivity contribution >= 4 is 11.9 Å². The Kier molecular flexibility index (Phi) is 54.9. The van der Waals surface area contributed by atoms with Crippen LogP contribution in [0, 0.1) is 0 Å². The highest BCUT2D eigenvalue weighted by Gasteiger charge is 2.17. The van der Waals surface area contributed by atoms with Crippen LogP contribution in [0.5, 0.6) is 0 Å². The zero-order chi connectivity index (χ0) is 49.2. The lowest BCUT2D eigenvalue weighted by Crippen LogP contribution is -2.29. The van der Waals surface area contributed by atoms with Crippen molar-refractivity contribution in [2.45, 2.75) is 258 Å². The van der Waals surface area contributed by atoms with Crippen LogP contribution < -0.4 is 0 Å². The molecule has 0 aromatic heterocycles. The summed E-state index contributed by atoms with van der Waals surface area (Å²) < 4.78 is 17.4. The van der Waals surface area contributed by atoms with Gasteiger partial charge in [0.05, 0.1) is 13.0 Å². The second-order valence-electron chi connectivity index (χ2n) is 18.4. The molecule has 0 rings (SSSR count). The first-order valence-corrected chi connectivity index (χ1v) is 28.4. The van der Waals surface area contributed by atoms with Crippen LogP contribution in [0.15, 0.2) is 109 Å². The zero-order valence-electron chi connectivity index (χ0n) is 44.6. The fourth-order valence-corrected chi connectivity index (χ4v) is 7.65. The lowest BCUT2D eigenvalue weighted by atomic mass is 10.1. The molecule has 0 spiro atoms. The Labute approximate surface area is 421 Å². The summed E-state index contributed by atoms with van der Waals surface area (Å²) in [5.41, 5.74) is 0. The van der Waals surface area contributed by atoms with Crippen molar-refractivity contribution in [1.29, 1.82) is 0 Å². The molecular formula is C63H106O5. The Hall–Kier alpha value is -3.44. The molecule has 0 aliphatic carbocycles. The van der Waals surface area contributed by atoms with E-state index in [4.69, 9.17) is 14.2 Å². The maximum atomic E-state index is 12.8. The standard InChI is InChI=1S/C63H106O5/c1-4-7-10-13-16-19-22-25-28-30-31-32-34-37-40-43-46-49-52-55-58-66-59-61(68-63(65)57-54-51-48-45-42-39-35-27-24-21-18-15-12-9-6-3)60-67-62(64)56-53-50-47-44-41-38-36-33-29-26-23-20-17-14-11-8-5-2/h8-9,11-12,17-18,20-21,25-29,35,42,45,51,54,61H,4-7,10,13-16,19,22-24,30-34,36-41,43-44,46-50,52-53,55-60H2,1-3H3/b11-8-,12-9-,20-17-,21-18-,28-25-,29-26-,35-27-,45-42-,54-51-. The molecule has 0 fully saturated rings. The Morgan fingerprint density at radius 2 is 0.706 bits per heavy atom. The molecule has 5 nitrogen and oxygen atoms in total. The highest BCUT2D eigenvalue weighted by molar-refractivity contribution is 5.71. The first kappa shape index (κ1) is 64.6. The monoisotopic (exact) mass is 943 g/mol. The maximum Gasteiger partial charge on any atom is 0.310 e. The minimum absolute atomic E-state index is 0.0350. The summed E-state index contributed by atoms with van der Waals surface area (Å²) in [4.78, 5) is 25.4. The number of hydrogen-bond acceptors (Lipinski definition) is 5. The Morgan fingerprint density at radius 1 is 0.353 bits per heavy atom. The third-order valence-corrected chi connectivity index (χ3v) is 11.8. The van der Waals surface area contributed by atoms with E-state index in [9.17, 15) is 9.59 Å². The van der Waals surface area contributed by atoms with Crippen molar-refractivity contribution in [1.82, 2.24) is 0 Å². The molecule has 0 N–H and O–H groups in total. The van der Waals surface area contributed by atoms with Crippen molar-refractivity contribution in [2.75, 3.05) is 19.8 Å². The number of esters is 2. The van der Waals surface area contributed by atoms with Crippen LogP contribution in [0.3, 0.4) is 0 Å². The van der Waals surface area contributed by atoms with Gasteiger partial charge in [0.2, 0.25) is 0 Å². The van der Waals surface area contributed by atoms with Crippen molar-refractivity contribution < 1.29 is 23.8 Å². The van der Waals surface area contributed by atoms with Crippen molar-refractivity contribution in [3.63, 3.8) is 0 Å². The zero-order valence-corrected chi connectivity index (χ0v) is 44.6. The fraction of sp³-hybridized carbons (Fsp3) is 0.683. The van der Waals surface area contributed by atoms with E-state index in [0.717, 1.165) is 89.9 Å². The number of unbranched alkanes of at least 4 members (excludes halogenated alkanes) is 23. The van der Waals surface area contributed by atoms with Crippen LogP contribution in [0.2, 0.25) is 0 Å². The quantitative estimate of drug-likeness (QED) is 0.0345. The summed E-state index contributed by atoms with van der Waals surface area (Å²) in [6.45, 7) is 7.49. The van der Waals surface area contributed by atoms with Gasteiger partial charge in [0.25, 0.3) is 0 Å². The number of carbonyl (C=O) groups excluding carboxylic acids is 2. The van der Waals surface area contributed by atoms with Gasteiger partial charge in [-0.05, 0) is 103 Å². The molecule has 0 heterocycles. The van der Waals surface area contributed by atoms with Crippen molar-refractivity contribution in [2.24, 2.45) is 0 Å². The summed E-state index contributed by atoms with van der Waals surface area (Å²) in [6.07, 6.45) is 79.9. The van der Waals surface area contributed by atoms with E-state index in [-0.39, 0.29) is 31.6 Å². The van der Waals surface area contributed by atoms with Gasteiger partial charge in [-0.1, -0.05) is 246 Å². The van der Waals surface area contributed by atoms with Gasteiger partial charge in [0, 0.05) is 13.0 Å². The van der Waals surface area contributed by atoms with E-state index in [0.29, 0.717) is 13.0 Å². The molecule has 1 atom stereocenters. The summed E-state index contributed by atoms with van der Waals surface area (Å²) in [5, 5.41) is 0. The van der Waals surface area contributed by atoms with Gasteiger partial charge >= 0.3 is 11.9 Å². The van der Waals surface area contributed by atoms with Crippen LogP contribution in [-0.2, 0) is 23.8 Å². The second kappa shape index (κ2) is 57.9. The lowest BCUT2D eigenvalue weighted by Gasteiger charge is -2.18. The highest BCUT2D eigenvalue weighted by atomic mass is 16.6. The van der Waals surface area contributed by atoms with Gasteiger partial charge < -0.3 is 14.2 Å². The van der Waals surface area contributed by atoms with E-state index in [1.165, 1.54) is 128 Å². The van der Waals surface area contributed by atoms with E-state index in [1.54, 1.807) is 0 Å². The third kappa shape index (κ3) is 55.2. The van der Waals surface area contributed by atoms with Crippen LogP contribution in [0.4, 0.5) is 0 Å². The van der Waals surface area contributed by atoms with E-state index >= 15 is 0 Å². The molecule has 0 bridgehead atoms. The molecule has 0 amide bonds. The highest BCUT2D eigenvalue weighted by Crippen LogP contribution is 2.14. The molecule has 0 radical (unpaired) electrons. The Balaban J connectivity index is 4.38. The summed E-state index contributed by atoms with van der Waals surface area (Å²) >= 11 is 0. The van der Waals surface area contributed by atoms with Gasteiger partial charge in [-0.3, -0.25) is 9.59 Å². The molecule has 0 aromatic carbocycles. The summed E-state index contributed by atoms with van der Waals surface area (Å²) in [7, 11) is 0. The number of ether oxygens (including phenoxy) is 3. The molecule has 0 saturated heterocycles. The fourth-order valence-electron chi connectivity index (χ4n) is 7.65. The topological polar surface area (TPSA) is 61.8 Å².